The van der Waals surface area contributed by atoms with Gasteiger partial charge in [-0.1, -0.05) is 100 Å². The Hall–Kier alpha value is -7.96. The van der Waals surface area contributed by atoms with E-state index in [4.69, 9.17) is 5.73 Å². The summed E-state index contributed by atoms with van der Waals surface area (Å²) < 4.78 is 0. The average Bonchev–Trinajstić information content (AvgIpc) is 3.88. The number of aliphatic carboxylic acids is 2. The highest BCUT2D eigenvalue weighted by atomic mass is 16.4. The molecular formula is C54H73N9O15. The highest BCUT2D eigenvalue weighted by Crippen LogP contribution is 2.20. The Morgan fingerprint density at radius 2 is 0.987 bits per heavy atom. The number of carboxylic acid groups (broad SMARTS) is 2. The van der Waals surface area contributed by atoms with Gasteiger partial charge in [-0.25, -0.2) is 9.59 Å². The maximum absolute atomic E-state index is 14.2. The van der Waals surface area contributed by atoms with Crippen LogP contribution in [0.4, 0.5) is 0 Å². The largest absolute Gasteiger partial charge is 0.508 e. The molecule has 1 aliphatic heterocycles. The van der Waals surface area contributed by atoms with Gasteiger partial charge < -0.3 is 73.4 Å². The number of rotatable bonds is 28. The molecule has 78 heavy (non-hydrogen) atoms. The number of aliphatic hydroxyl groups is 2. The summed E-state index contributed by atoms with van der Waals surface area (Å²) in [6.07, 6.45) is -3.44. The van der Waals surface area contributed by atoms with Crippen molar-refractivity contribution in [1.82, 2.24) is 42.1 Å². The number of phenols is 1. The summed E-state index contributed by atoms with van der Waals surface area (Å²) in [7, 11) is 0. The Morgan fingerprint density at radius 1 is 0.538 bits per heavy atom. The number of likely N-dealkylation sites (tertiary alicyclic amines) is 1. The molecule has 24 heteroatoms. The van der Waals surface area contributed by atoms with E-state index in [-0.39, 0.29) is 56.7 Å². The topological polar surface area (TPSA) is 385 Å². The number of amides is 8. The van der Waals surface area contributed by atoms with E-state index >= 15 is 0 Å². The first-order valence-electron chi connectivity index (χ1n) is 25.6. The molecule has 3 aromatic carbocycles. The Balaban J connectivity index is 1.51. The molecule has 4 rings (SSSR count). The minimum Gasteiger partial charge on any atom is -0.508 e. The fourth-order valence-corrected chi connectivity index (χ4v) is 8.62. The lowest BCUT2D eigenvalue weighted by Crippen LogP contribution is -2.63. The van der Waals surface area contributed by atoms with Gasteiger partial charge >= 0.3 is 11.9 Å². The molecular weight excluding hydrogens is 1010 g/mol. The number of aliphatic hydroxyl groups excluding tert-OH is 2. The first-order valence-corrected chi connectivity index (χ1v) is 25.6. The second-order valence-electron chi connectivity index (χ2n) is 20.2. The molecule has 1 aliphatic rings. The van der Waals surface area contributed by atoms with Gasteiger partial charge in [-0.2, -0.15) is 0 Å². The Bertz CT molecular complexity index is 2570. The second kappa shape index (κ2) is 29.5. The normalized spacial score (nSPS) is 17.1. The number of aromatic hydroxyl groups is 1. The van der Waals surface area contributed by atoms with Gasteiger partial charge in [-0.15, -0.1) is 0 Å². The quantitative estimate of drug-likeness (QED) is 0.0379. The molecule has 1 fully saturated rings. The van der Waals surface area contributed by atoms with E-state index in [2.05, 4.69) is 37.2 Å². The number of carbonyl (C=O) groups is 10. The third kappa shape index (κ3) is 18.7. The Kier molecular flexibility index (Phi) is 23.7. The molecule has 24 nitrogen and oxygen atoms in total. The Morgan fingerprint density at radius 3 is 1.49 bits per heavy atom. The number of nitrogens with zero attached hydrogens (tertiary/aromatic N) is 1. The van der Waals surface area contributed by atoms with Gasteiger partial charge in [0.05, 0.1) is 18.2 Å². The van der Waals surface area contributed by atoms with E-state index in [9.17, 15) is 73.5 Å². The molecule has 11 unspecified atom stereocenters. The zero-order chi connectivity index (χ0) is 58.0. The molecule has 424 valence electrons. The molecule has 1 saturated heterocycles. The van der Waals surface area contributed by atoms with Crippen LogP contribution in [0.1, 0.15) is 77.5 Å². The Labute approximate surface area is 451 Å². The summed E-state index contributed by atoms with van der Waals surface area (Å²) >= 11 is 0. The van der Waals surface area contributed by atoms with Crippen LogP contribution in [0.3, 0.4) is 0 Å². The molecule has 0 saturated carbocycles. The van der Waals surface area contributed by atoms with Gasteiger partial charge in [0, 0.05) is 19.4 Å². The highest BCUT2D eigenvalue weighted by molar-refractivity contribution is 6.06. The second-order valence-corrected chi connectivity index (χ2v) is 20.2. The molecule has 11 atom stereocenters. The summed E-state index contributed by atoms with van der Waals surface area (Å²) in [5.74, 6) is -12.1. The maximum atomic E-state index is 14.2. The monoisotopic (exact) mass is 1090 g/mol. The predicted molar refractivity (Wildman–Crippen MR) is 281 cm³/mol. The van der Waals surface area contributed by atoms with Crippen LogP contribution in [0, 0.1) is 11.8 Å². The zero-order valence-corrected chi connectivity index (χ0v) is 44.4. The fraction of sp³-hybridized carbons (Fsp3) is 0.481. The summed E-state index contributed by atoms with van der Waals surface area (Å²) in [4.78, 5) is 136. The summed E-state index contributed by atoms with van der Waals surface area (Å²) in [5.41, 5.74) is 7.96. The smallest absolute Gasteiger partial charge is 0.336 e. The molecule has 0 radical (unpaired) electrons. The first-order chi connectivity index (χ1) is 36.8. The summed E-state index contributed by atoms with van der Waals surface area (Å²) in [6.45, 7) is 8.77. The van der Waals surface area contributed by atoms with E-state index in [1.807, 2.05) is 19.9 Å². The molecule has 0 aliphatic carbocycles. The molecule has 3 aromatic rings. The molecule has 0 bridgehead atoms. The van der Waals surface area contributed by atoms with Crippen LogP contribution in [0.2, 0.25) is 0 Å². The van der Waals surface area contributed by atoms with E-state index in [1.54, 1.807) is 68.4 Å². The van der Waals surface area contributed by atoms with Crippen molar-refractivity contribution in [3.8, 4) is 5.75 Å². The number of carbonyl (C=O) groups excluding carboxylic acids is 8. The van der Waals surface area contributed by atoms with Crippen LogP contribution >= 0.6 is 0 Å². The SMILES string of the molecule is CC(C)CC(NC(=O)C(N)Cc1ccccc1)C(=O)NC(Cc1ccccc1)C(=O)NC(C(=O)O)C(=O)N1CCCC1C(=O)NC(C(=O)NC(C(=O)NC(Cc1ccc(O)cc1)C(=O)NC(C(=O)O)C(C)C)C(C)O)C(C)O. The van der Waals surface area contributed by atoms with Crippen LogP contribution < -0.4 is 43.0 Å². The fourth-order valence-electron chi connectivity index (χ4n) is 8.62. The number of nitrogens with one attached hydrogen (secondary N) is 7. The molecule has 0 aromatic heterocycles. The number of benzene rings is 3. The molecule has 14 N–H and O–H groups in total. The summed E-state index contributed by atoms with van der Waals surface area (Å²) in [6, 6.07) is 8.79. The lowest BCUT2D eigenvalue weighted by molar-refractivity contribution is -0.152. The van der Waals surface area contributed by atoms with Gasteiger partial charge in [0.1, 0.15) is 48.0 Å². The maximum Gasteiger partial charge on any atom is 0.336 e. The van der Waals surface area contributed by atoms with E-state index in [1.165, 1.54) is 24.3 Å². The van der Waals surface area contributed by atoms with Crippen LogP contribution in [-0.2, 0) is 67.2 Å². The van der Waals surface area contributed by atoms with Crippen LogP contribution in [0.5, 0.6) is 5.75 Å². The lowest BCUT2D eigenvalue weighted by atomic mass is 10.00. The number of hydrogen-bond donors (Lipinski definition) is 13. The van der Waals surface area contributed by atoms with Crippen molar-refractivity contribution in [1.29, 1.82) is 0 Å². The number of hydrogen-bond acceptors (Lipinski definition) is 14. The zero-order valence-electron chi connectivity index (χ0n) is 44.4. The van der Waals surface area contributed by atoms with E-state index in [0.717, 1.165) is 24.3 Å². The minimum atomic E-state index is -2.32. The van der Waals surface area contributed by atoms with Crippen molar-refractivity contribution in [2.24, 2.45) is 17.6 Å². The number of nitrogens with two attached hydrogens (primary N) is 1. The van der Waals surface area contributed by atoms with E-state index in [0.29, 0.717) is 11.1 Å². The minimum absolute atomic E-state index is 0.0700. The molecule has 8 amide bonds. The van der Waals surface area contributed by atoms with Crippen molar-refractivity contribution < 1.29 is 73.5 Å². The van der Waals surface area contributed by atoms with Crippen molar-refractivity contribution in [2.75, 3.05) is 6.54 Å². The number of phenolic OH excluding ortho intramolecular Hbond substituents is 1. The molecule has 0 spiro atoms. The van der Waals surface area contributed by atoms with Gasteiger partial charge in [0.2, 0.25) is 47.4 Å². The van der Waals surface area contributed by atoms with Crippen LogP contribution in [0.15, 0.2) is 84.9 Å². The van der Waals surface area contributed by atoms with Gasteiger partial charge in [-0.3, -0.25) is 38.4 Å². The van der Waals surface area contributed by atoms with Crippen LogP contribution in [-0.4, -0.2) is 163 Å². The van der Waals surface area contributed by atoms with Gasteiger partial charge in [0.25, 0.3) is 5.91 Å². The van der Waals surface area contributed by atoms with Crippen molar-refractivity contribution in [2.45, 2.75) is 147 Å². The number of carboxylic acids is 2. The average molecular weight is 1090 g/mol. The third-order valence-corrected chi connectivity index (χ3v) is 12.9. The van der Waals surface area contributed by atoms with Crippen molar-refractivity contribution in [3.63, 3.8) is 0 Å². The first kappa shape index (κ1) is 62.6. The molecule has 1 heterocycles. The van der Waals surface area contributed by atoms with Gasteiger partial charge in [-0.05, 0) is 80.2 Å². The lowest BCUT2D eigenvalue weighted by Gasteiger charge is -2.31. The van der Waals surface area contributed by atoms with Crippen molar-refractivity contribution >= 4 is 59.2 Å². The standard InChI is InChI=1S/C54H73N9O15/c1-28(2)24-37(56-45(67)36(55)25-32-14-9-7-10-15-32)46(68)57-38(26-33-16-11-8-12-17-33)48(70)62-44(54(77)78)52(74)63-23-13-18-40(63)49(71)60-43(31(6)65)51(73)61-42(30(5)64)50(72)58-39(27-34-19-21-35(66)22-20-34)47(69)59-41(29(3)4)53(75)76/h7-12,14-17,19-22,28-31,36-44,64-66H,13,18,23-27,55H2,1-6H3,(H,56,67)(H,57,68)(H,58,72)(H,59,69)(H,60,71)(H,61,73)(H,62,70)(H,75,76)(H,77,78). The highest BCUT2D eigenvalue weighted by Gasteiger charge is 2.43. The van der Waals surface area contributed by atoms with E-state index < -0.39 is 132 Å². The van der Waals surface area contributed by atoms with Crippen LogP contribution in [0.25, 0.3) is 0 Å². The van der Waals surface area contributed by atoms with Gasteiger partial charge in [0.15, 0.2) is 0 Å². The third-order valence-electron chi connectivity index (χ3n) is 12.9. The van der Waals surface area contributed by atoms with Crippen molar-refractivity contribution in [3.05, 3.63) is 102 Å². The summed E-state index contributed by atoms with van der Waals surface area (Å²) in [5, 5.41) is 68.3. The predicted octanol–water partition coefficient (Wildman–Crippen LogP) is -1.24.